The first-order valence-electron chi connectivity index (χ1n) is 6.74. The lowest BCUT2D eigenvalue weighted by Crippen LogP contribution is -2.25. The molecule has 0 aliphatic heterocycles. The number of furan rings is 1. The number of hydrogen-bond donors (Lipinski definition) is 1. The summed E-state index contributed by atoms with van der Waals surface area (Å²) >= 11 is 0. The molecule has 0 spiro atoms. The van der Waals surface area contributed by atoms with Gasteiger partial charge in [0.15, 0.2) is 5.76 Å². The summed E-state index contributed by atoms with van der Waals surface area (Å²) < 4.78 is 20.3. The second kappa shape index (κ2) is 5.85. The zero-order valence-electron chi connectivity index (χ0n) is 11.9. The van der Waals surface area contributed by atoms with Gasteiger partial charge in [-0.25, -0.2) is 4.39 Å². The molecule has 5 nitrogen and oxygen atoms in total. The van der Waals surface area contributed by atoms with Crippen LogP contribution in [0.4, 0.5) is 4.39 Å². The number of nitrogens with zero attached hydrogens (tertiary/aromatic N) is 2. The topological polar surface area (TPSA) is 60.1 Å². The lowest BCUT2D eigenvalue weighted by atomic mass is 10.2. The molecule has 0 radical (unpaired) electrons. The highest BCUT2D eigenvalue weighted by Crippen LogP contribution is 2.19. The van der Waals surface area contributed by atoms with Crippen molar-refractivity contribution in [2.45, 2.75) is 6.54 Å². The van der Waals surface area contributed by atoms with Crippen LogP contribution in [0.1, 0.15) is 16.1 Å². The molecule has 3 rings (SSSR count). The first-order chi connectivity index (χ1) is 10.6. The van der Waals surface area contributed by atoms with Gasteiger partial charge in [-0.2, -0.15) is 5.10 Å². The van der Waals surface area contributed by atoms with Crippen LogP contribution in [0, 0.1) is 5.82 Å². The Morgan fingerprint density at radius 3 is 2.86 bits per heavy atom. The van der Waals surface area contributed by atoms with E-state index in [-0.39, 0.29) is 18.3 Å². The highest BCUT2D eigenvalue weighted by molar-refractivity contribution is 5.93. The van der Waals surface area contributed by atoms with E-state index in [1.54, 1.807) is 49.7 Å². The van der Waals surface area contributed by atoms with Crippen molar-refractivity contribution < 1.29 is 13.6 Å². The summed E-state index contributed by atoms with van der Waals surface area (Å²) in [5.41, 5.74) is 1.38. The van der Waals surface area contributed by atoms with Gasteiger partial charge in [-0.1, -0.05) is 18.2 Å². The zero-order valence-corrected chi connectivity index (χ0v) is 11.9. The molecule has 2 heterocycles. The number of nitrogens with one attached hydrogen (secondary N) is 1. The Labute approximate surface area is 126 Å². The van der Waals surface area contributed by atoms with Gasteiger partial charge in [0.05, 0.1) is 6.26 Å². The van der Waals surface area contributed by atoms with Gasteiger partial charge in [-0.05, 0) is 18.2 Å². The minimum atomic E-state index is -0.343. The van der Waals surface area contributed by atoms with E-state index in [9.17, 15) is 9.18 Å². The molecule has 3 aromatic rings. The number of rotatable bonds is 4. The molecule has 6 heteroatoms. The SMILES string of the molecule is Cn1nc(-c2ccco2)cc1C(=O)NCc1ccccc1F. The van der Waals surface area contributed by atoms with Crippen molar-refractivity contribution in [3.05, 3.63) is 65.8 Å². The monoisotopic (exact) mass is 299 g/mol. The van der Waals surface area contributed by atoms with E-state index < -0.39 is 0 Å². The first-order valence-corrected chi connectivity index (χ1v) is 6.74. The Morgan fingerprint density at radius 2 is 2.14 bits per heavy atom. The van der Waals surface area contributed by atoms with Crippen LogP contribution in [0.15, 0.2) is 53.1 Å². The fraction of sp³-hybridized carbons (Fsp3) is 0.125. The van der Waals surface area contributed by atoms with Crippen molar-refractivity contribution in [1.82, 2.24) is 15.1 Å². The summed E-state index contributed by atoms with van der Waals surface area (Å²) in [5.74, 6) is -0.0797. The highest BCUT2D eigenvalue weighted by atomic mass is 19.1. The second-order valence-electron chi connectivity index (χ2n) is 4.79. The summed E-state index contributed by atoms with van der Waals surface area (Å²) in [4.78, 5) is 12.2. The average molecular weight is 299 g/mol. The van der Waals surface area contributed by atoms with Crippen LogP contribution in [0.25, 0.3) is 11.5 Å². The molecule has 0 saturated carbocycles. The third-order valence-corrected chi connectivity index (χ3v) is 3.28. The van der Waals surface area contributed by atoms with Crippen molar-refractivity contribution in [1.29, 1.82) is 0 Å². The van der Waals surface area contributed by atoms with Gasteiger partial charge in [0.2, 0.25) is 0 Å². The van der Waals surface area contributed by atoms with E-state index in [1.165, 1.54) is 10.7 Å². The quantitative estimate of drug-likeness (QED) is 0.806. The van der Waals surface area contributed by atoms with Gasteiger partial charge in [-0.3, -0.25) is 9.48 Å². The van der Waals surface area contributed by atoms with Gasteiger partial charge in [0.25, 0.3) is 5.91 Å². The number of benzene rings is 1. The summed E-state index contributed by atoms with van der Waals surface area (Å²) in [5, 5.41) is 6.92. The number of carbonyl (C=O) groups is 1. The van der Waals surface area contributed by atoms with Crippen LogP contribution in [0.3, 0.4) is 0 Å². The van der Waals surface area contributed by atoms with Crippen LogP contribution in [0.2, 0.25) is 0 Å². The number of amides is 1. The van der Waals surface area contributed by atoms with Crippen LogP contribution >= 0.6 is 0 Å². The van der Waals surface area contributed by atoms with Crippen molar-refractivity contribution in [2.75, 3.05) is 0 Å². The molecular weight excluding hydrogens is 285 g/mol. The van der Waals surface area contributed by atoms with E-state index in [1.807, 2.05) is 0 Å². The molecular formula is C16H14FN3O2. The van der Waals surface area contributed by atoms with E-state index in [2.05, 4.69) is 10.4 Å². The molecule has 0 bridgehead atoms. The van der Waals surface area contributed by atoms with Gasteiger partial charge in [-0.15, -0.1) is 0 Å². The Hall–Kier alpha value is -2.89. The van der Waals surface area contributed by atoms with E-state index >= 15 is 0 Å². The van der Waals surface area contributed by atoms with Gasteiger partial charge in [0.1, 0.15) is 17.2 Å². The lowest BCUT2D eigenvalue weighted by Gasteiger charge is -2.06. The predicted molar refractivity (Wildman–Crippen MR) is 78.5 cm³/mol. The highest BCUT2D eigenvalue weighted by Gasteiger charge is 2.15. The normalized spacial score (nSPS) is 10.6. The molecule has 1 aromatic carbocycles. The van der Waals surface area contributed by atoms with Crippen molar-refractivity contribution in [3.63, 3.8) is 0 Å². The number of aromatic nitrogens is 2. The summed E-state index contributed by atoms with van der Waals surface area (Å²) in [6.45, 7) is 0.118. The third-order valence-electron chi connectivity index (χ3n) is 3.28. The molecule has 1 N–H and O–H groups in total. The maximum absolute atomic E-state index is 13.5. The number of aryl methyl sites for hydroxylation is 1. The van der Waals surface area contributed by atoms with Crippen LogP contribution in [-0.2, 0) is 13.6 Å². The predicted octanol–water partition coefficient (Wildman–Crippen LogP) is 2.75. The molecule has 0 aliphatic rings. The maximum atomic E-state index is 13.5. The van der Waals surface area contributed by atoms with Crippen LogP contribution < -0.4 is 5.32 Å². The zero-order chi connectivity index (χ0) is 15.5. The first kappa shape index (κ1) is 14.1. The smallest absolute Gasteiger partial charge is 0.269 e. The van der Waals surface area contributed by atoms with E-state index in [0.717, 1.165) is 0 Å². The molecule has 0 saturated heterocycles. The molecule has 0 aliphatic carbocycles. The summed E-state index contributed by atoms with van der Waals surface area (Å²) in [6.07, 6.45) is 1.54. The lowest BCUT2D eigenvalue weighted by molar-refractivity contribution is 0.0941. The van der Waals surface area contributed by atoms with Gasteiger partial charge in [0, 0.05) is 25.2 Å². The maximum Gasteiger partial charge on any atom is 0.269 e. The molecule has 2 aromatic heterocycles. The average Bonchev–Trinajstić information content (AvgIpc) is 3.15. The van der Waals surface area contributed by atoms with E-state index in [0.29, 0.717) is 22.7 Å². The van der Waals surface area contributed by atoms with Crippen molar-refractivity contribution in [3.8, 4) is 11.5 Å². The Kier molecular flexibility index (Phi) is 3.74. The summed E-state index contributed by atoms with van der Waals surface area (Å²) in [7, 11) is 1.67. The molecule has 112 valence electrons. The Balaban J connectivity index is 1.74. The molecule has 0 unspecified atom stereocenters. The van der Waals surface area contributed by atoms with Crippen molar-refractivity contribution >= 4 is 5.91 Å². The second-order valence-corrected chi connectivity index (χ2v) is 4.79. The number of halogens is 1. The minimum Gasteiger partial charge on any atom is -0.463 e. The van der Waals surface area contributed by atoms with Crippen LogP contribution in [-0.4, -0.2) is 15.7 Å². The Bertz CT molecular complexity index is 794. The molecule has 1 amide bonds. The molecule has 0 fully saturated rings. The largest absolute Gasteiger partial charge is 0.463 e. The fourth-order valence-electron chi connectivity index (χ4n) is 2.13. The number of hydrogen-bond acceptors (Lipinski definition) is 3. The summed E-state index contributed by atoms with van der Waals surface area (Å²) in [6, 6.07) is 11.5. The number of carbonyl (C=O) groups excluding carboxylic acids is 1. The minimum absolute atomic E-state index is 0.118. The van der Waals surface area contributed by atoms with Gasteiger partial charge >= 0.3 is 0 Å². The molecule has 22 heavy (non-hydrogen) atoms. The Morgan fingerprint density at radius 1 is 1.32 bits per heavy atom. The van der Waals surface area contributed by atoms with Crippen LogP contribution in [0.5, 0.6) is 0 Å². The standard InChI is InChI=1S/C16H14FN3O2/c1-20-14(9-13(19-20)15-7-4-8-22-15)16(21)18-10-11-5-2-3-6-12(11)17/h2-9H,10H2,1H3,(H,18,21). The molecule has 0 atom stereocenters. The van der Waals surface area contributed by atoms with Crippen molar-refractivity contribution in [2.24, 2.45) is 7.05 Å². The fourth-order valence-corrected chi connectivity index (χ4v) is 2.13. The van der Waals surface area contributed by atoms with Gasteiger partial charge < -0.3 is 9.73 Å². The van der Waals surface area contributed by atoms with E-state index in [4.69, 9.17) is 4.42 Å². The third kappa shape index (κ3) is 2.76.